The number of rotatable bonds is 2. The summed E-state index contributed by atoms with van der Waals surface area (Å²) >= 11 is 0. The van der Waals surface area contributed by atoms with Crippen molar-refractivity contribution in [2.45, 2.75) is 26.7 Å². The van der Waals surface area contributed by atoms with Crippen LogP contribution in [-0.2, 0) is 4.79 Å². The Hall–Kier alpha value is -2.23. The molecular weight excluding hydrogens is 262 g/mol. The largest absolute Gasteiger partial charge is 0.341 e. The van der Waals surface area contributed by atoms with E-state index in [1.54, 1.807) is 6.92 Å². The highest BCUT2D eigenvalue weighted by Crippen LogP contribution is 2.27. The Morgan fingerprint density at radius 2 is 1.81 bits per heavy atom. The van der Waals surface area contributed by atoms with Gasteiger partial charge in [-0.3, -0.25) is 4.79 Å². The van der Waals surface area contributed by atoms with Crippen molar-refractivity contribution in [1.82, 2.24) is 14.9 Å². The summed E-state index contributed by atoms with van der Waals surface area (Å²) < 4.78 is 0. The molecule has 4 nitrogen and oxygen atoms in total. The fraction of sp³-hybridized carbons (Fsp3) is 0.353. The summed E-state index contributed by atoms with van der Waals surface area (Å²) in [5.74, 6) is 1.23. The number of nitrogens with zero attached hydrogens (tertiary/aromatic N) is 3. The predicted molar refractivity (Wildman–Crippen MR) is 81.9 cm³/mol. The van der Waals surface area contributed by atoms with Gasteiger partial charge in [0, 0.05) is 31.3 Å². The number of carbonyl (C=O) groups is 1. The molecule has 1 aliphatic heterocycles. The first-order valence-electron chi connectivity index (χ1n) is 7.21. The molecule has 1 aliphatic rings. The van der Waals surface area contributed by atoms with Gasteiger partial charge in [0.2, 0.25) is 5.91 Å². The third-order valence-corrected chi connectivity index (χ3v) is 3.91. The monoisotopic (exact) mass is 281 g/mol. The highest BCUT2D eigenvalue weighted by molar-refractivity contribution is 5.74. The van der Waals surface area contributed by atoms with Gasteiger partial charge in [-0.2, -0.15) is 0 Å². The second kappa shape index (κ2) is 5.28. The van der Waals surface area contributed by atoms with E-state index in [2.05, 4.69) is 36.2 Å². The van der Waals surface area contributed by atoms with Gasteiger partial charge in [-0.1, -0.05) is 29.8 Å². The number of hydrogen-bond acceptors (Lipinski definition) is 3. The van der Waals surface area contributed by atoms with Crippen molar-refractivity contribution in [2.24, 2.45) is 0 Å². The van der Waals surface area contributed by atoms with E-state index in [0.717, 1.165) is 35.9 Å². The number of likely N-dealkylation sites (tertiary alicyclic amines) is 1. The molecule has 0 aliphatic carbocycles. The standard InChI is InChI=1S/C17H19N3O/c1-11-4-6-14(7-5-11)16-8-12(2)18-17(19-16)15-9-20(10-15)13(3)21/h4-8,15H,9-10H2,1-3H3. The summed E-state index contributed by atoms with van der Waals surface area (Å²) in [5.41, 5.74) is 4.27. The number of hydrogen-bond donors (Lipinski definition) is 0. The molecule has 1 fully saturated rings. The van der Waals surface area contributed by atoms with Crippen LogP contribution in [0.2, 0.25) is 0 Å². The van der Waals surface area contributed by atoms with Gasteiger partial charge in [0.05, 0.1) is 11.6 Å². The lowest BCUT2D eigenvalue weighted by atomic mass is 9.98. The molecule has 4 heteroatoms. The number of benzene rings is 1. The number of carbonyl (C=O) groups excluding carboxylic acids is 1. The molecule has 0 unspecified atom stereocenters. The smallest absolute Gasteiger partial charge is 0.219 e. The second-order valence-corrected chi connectivity index (χ2v) is 5.74. The minimum atomic E-state index is 0.123. The molecule has 1 aromatic carbocycles. The average molecular weight is 281 g/mol. The Balaban J connectivity index is 1.87. The van der Waals surface area contributed by atoms with Crippen LogP contribution in [0, 0.1) is 13.8 Å². The molecular formula is C17H19N3O. The van der Waals surface area contributed by atoms with Crippen molar-refractivity contribution in [1.29, 1.82) is 0 Å². The highest BCUT2D eigenvalue weighted by atomic mass is 16.2. The van der Waals surface area contributed by atoms with Crippen LogP contribution in [0.5, 0.6) is 0 Å². The van der Waals surface area contributed by atoms with E-state index in [1.165, 1.54) is 5.56 Å². The molecule has 0 N–H and O–H groups in total. The maximum absolute atomic E-state index is 11.3. The van der Waals surface area contributed by atoms with Gasteiger partial charge in [-0.25, -0.2) is 9.97 Å². The number of amides is 1. The van der Waals surface area contributed by atoms with Gasteiger partial charge < -0.3 is 4.90 Å². The lowest BCUT2D eigenvalue weighted by molar-refractivity contribution is -0.133. The minimum Gasteiger partial charge on any atom is -0.341 e. The molecule has 21 heavy (non-hydrogen) atoms. The summed E-state index contributed by atoms with van der Waals surface area (Å²) in [7, 11) is 0. The summed E-state index contributed by atoms with van der Waals surface area (Å²) in [6.07, 6.45) is 0. The summed E-state index contributed by atoms with van der Waals surface area (Å²) in [6.45, 7) is 7.12. The number of aryl methyl sites for hydroxylation is 2. The molecule has 0 atom stereocenters. The lowest BCUT2D eigenvalue weighted by Gasteiger charge is -2.37. The van der Waals surface area contributed by atoms with Gasteiger partial charge in [0.15, 0.2) is 0 Å². The van der Waals surface area contributed by atoms with E-state index in [0.29, 0.717) is 0 Å². The Kier molecular flexibility index (Phi) is 3.45. The van der Waals surface area contributed by atoms with Gasteiger partial charge in [0.25, 0.3) is 0 Å². The van der Waals surface area contributed by atoms with Crippen molar-refractivity contribution in [3.05, 3.63) is 47.4 Å². The van der Waals surface area contributed by atoms with E-state index in [-0.39, 0.29) is 11.8 Å². The minimum absolute atomic E-state index is 0.123. The fourth-order valence-corrected chi connectivity index (χ4v) is 2.55. The average Bonchev–Trinajstić information content (AvgIpc) is 2.36. The van der Waals surface area contributed by atoms with Crippen LogP contribution in [0.4, 0.5) is 0 Å². The molecule has 1 saturated heterocycles. The molecule has 2 aromatic rings. The van der Waals surface area contributed by atoms with Gasteiger partial charge >= 0.3 is 0 Å². The van der Waals surface area contributed by atoms with Crippen LogP contribution in [0.1, 0.15) is 29.9 Å². The zero-order chi connectivity index (χ0) is 15.0. The lowest BCUT2D eigenvalue weighted by Crippen LogP contribution is -2.48. The third kappa shape index (κ3) is 2.79. The van der Waals surface area contributed by atoms with Crippen molar-refractivity contribution in [3.63, 3.8) is 0 Å². The maximum atomic E-state index is 11.3. The van der Waals surface area contributed by atoms with Crippen molar-refractivity contribution in [3.8, 4) is 11.3 Å². The van der Waals surface area contributed by atoms with Crippen LogP contribution in [0.15, 0.2) is 30.3 Å². The normalized spacial score (nSPS) is 14.9. The zero-order valence-corrected chi connectivity index (χ0v) is 12.6. The number of aromatic nitrogens is 2. The topological polar surface area (TPSA) is 46.1 Å². The first kappa shape index (κ1) is 13.7. The Labute approximate surface area is 124 Å². The molecule has 1 amide bonds. The summed E-state index contributed by atoms with van der Waals surface area (Å²) in [5, 5.41) is 0. The van der Waals surface area contributed by atoms with Crippen LogP contribution in [0.25, 0.3) is 11.3 Å². The SMILES string of the molecule is CC(=O)N1CC(c2nc(C)cc(-c3ccc(C)cc3)n2)C1. The quantitative estimate of drug-likeness (QED) is 0.850. The van der Waals surface area contributed by atoms with E-state index in [4.69, 9.17) is 4.98 Å². The van der Waals surface area contributed by atoms with Crippen molar-refractivity contribution in [2.75, 3.05) is 13.1 Å². The van der Waals surface area contributed by atoms with Crippen LogP contribution < -0.4 is 0 Å². The molecule has 0 bridgehead atoms. The molecule has 0 spiro atoms. The maximum Gasteiger partial charge on any atom is 0.219 e. The summed E-state index contributed by atoms with van der Waals surface area (Å²) in [6, 6.07) is 10.4. The van der Waals surface area contributed by atoms with E-state index in [9.17, 15) is 4.79 Å². The van der Waals surface area contributed by atoms with E-state index < -0.39 is 0 Å². The molecule has 2 heterocycles. The van der Waals surface area contributed by atoms with Gasteiger partial charge in [0.1, 0.15) is 5.82 Å². The summed E-state index contributed by atoms with van der Waals surface area (Å²) in [4.78, 5) is 22.3. The van der Waals surface area contributed by atoms with Crippen molar-refractivity contribution >= 4 is 5.91 Å². The first-order valence-corrected chi connectivity index (χ1v) is 7.21. The van der Waals surface area contributed by atoms with E-state index >= 15 is 0 Å². The Bertz CT molecular complexity index is 673. The fourth-order valence-electron chi connectivity index (χ4n) is 2.55. The zero-order valence-electron chi connectivity index (χ0n) is 12.6. The van der Waals surface area contributed by atoms with Crippen molar-refractivity contribution < 1.29 is 4.79 Å². The van der Waals surface area contributed by atoms with Crippen LogP contribution >= 0.6 is 0 Å². The molecule has 0 saturated carbocycles. The highest BCUT2D eigenvalue weighted by Gasteiger charge is 2.32. The first-order chi connectivity index (χ1) is 10.0. The predicted octanol–water partition coefficient (Wildman–Crippen LogP) is 2.71. The second-order valence-electron chi connectivity index (χ2n) is 5.74. The van der Waals surface area contributed by atoms with Gasteiger partial charge in [-0.15, -0.1) is 0 Å². The Morgan fingerprint density at radius 3 is 2.43 bits per heavy atom. The van der Waals surface area contributed by atoms with Crippen LogP contribution in [-0.4, -0.2) is 33.9 Å². The van der Waals surface area contributed by atoms with E-state index in [1.807, 2.05) is 17.9 Å². The third-order valence-electron chi connectivity index (χ3n) is 3.91. The molecule has 0 radical (unpaired) electrons. The Morgan fingerprint density at radius 1 is 1.14 bits per heavy atom. The van der Waals surface area contributed by atoms with Gasteiger partial charge in [-0.05, 0) is 19.9 Å². The molecule has 1 aromatic heterocycles. The molecule has 108 valence electrons. The van der Waals surface area contributed by atoms with Crippen LogP contribution in [0.3, 0.4) is 0 Å². The molecule has 3 rings (SSSR count).